The molecule has 9 heteroatoms. The fourth-order valence-electron chi connectivity index (χ4n) is 4.82. The number of carbonyl (C=O) groups is 2. The van der Waals surface area contributed by atoms with Crippen molar-refractivity contribution in [1.29, 1.82) is 0 Å². The Hall–Kier alpha value is -4.01. The number of fused-ring (bicyclic) bond motifs is 2. The number of hydrogen-bond donors (Lipinski definition) is 3. The topological polar surface area (TPSA) is 107 Å². The number of esters is 1. The number of nitrogens with zero attached hydrogens (tertiary/aromatic N) is 2. The van der Waals surface area contributed by atoms with Crippen LogP contribution in [0.25, 0.3) is 17.0 Å². The lowest BCUT2D eigenvalue weighted by molar-refractivity contribution is -0.153. The van der Waals surface area contributed by atoms with Crippen molar-refractivity contribution in [3.63, 3.8) is 0 Å². The number of para-hydroxylation sites is 1. The smallest absolute Gasteiger partial charge is 0.407 e. The average Bonchev–Trinajstić information content (AvgIpc) is 3.43. The Morgan fingerprint density at radius 1 is 1.05 bits per heavy atom. The number of alkyl carbamates (subject to hydrolysis) is 1. The van der Waals surface area contributed by atoms with E-state index in [0.717, 1.165) is 52.8 Å². The highest BCUT2D eigenvalue weighted by Crippen LogP contribution is 2.38. The minimum Gasteiger partial charge on any atom is -0.465 e. The maximum Gasteiger partial charge on any atom is 0.407 e. The van der Waals surface area contributed by atoms with E-state index in [4.69, 9.17) is 14.6 Å². The first-order valence-corrected chi connectivity index (χ1v) is 14.2. The lowest BCUT2D eigenvalue weighted by Gasteiger charge is -2.31. The van der Waals surface area contributed by atoms with E-state index < -0.39 is 22.8 Å². The fraction of sp³-hybridized carbons (Fsp3) is 0.469. The van der Waals surface area contributed by atoms with E-state index in [2.05, 4.69) is 34.7 Å². The largest absolute Gasteiger partial charge is 0.465 e. The molecule has 9 nitrogen and oxygen atoms in total. The van der Waals surface area contributed by atoms with Crippen LogP contribution in [0, 0.1) is 5.41 Å². The van der Waals surface area contributed by atoms with E-state index in [-0.39, 0.29) is 5.97 Å². The summed E-state index contributed by atoms with van der Waals surface area (Å²) in [5.74, 6) is -0.191. The minimum absolute atomic E-state index is 0.191. The third-order valence-electron chi connectivity index (χ3n) is 6.81. The zero-order valence-electron chi connectivity index (χ0n) is 25.1. The predicted molar refractivity (Wildman–Crippen MR) is 164 cm³/mol. The van der Waals surface area contributed by atoms with E-state index >= 15 is 0 Å². The van der Waals surface area contributed by atoms with Crippen LogP contribution in [0.15, 0.2) is 49.0 Å². The van der Waals surface area contributed by atoms with Gasteiger partial charge >= 0.3 is 12.1 Å². The fourth-order valence-corrected chi connectivity index (χ4v) is 4.82. The Morgan fingerprint density at radius 3 is 2.49 bits per heavy atom. The third kappa shape index (κ3) is 7.60. The second-order valence-corrected chi connectivity index (χ2v) is 12.7. The van der Waals surface area contributed by atoms with Crippen molar-refractivity contribution in [2.75, 3.05) is 17.2 Å². The van der Waals surface area contributed by atoms with Gasteiger partial charge in [-0.05, 0) is 90.6 Å². The van der Waals surface area contributed by atoms with Gasteiger partial charge in [-0.15, -0.1) is 0 Å². The van der Waals surface area contributed by atoms with Crippen LogP contribution < -0.4 is 16.0 Å². The molecule has 0 spiro atoms. The van der Waals surface area contributed by atoms with Crippen LogP contribution in [0.1, 0.15) is 72.1 Å². The molecule has 0 saturated carbocycles. The molecule has 0 radical (unpaired) electrons. The molecule has 3 aromatic rings. The van der Waals surface area contributed by atoms with E-state index in [1.807, 2.05) is 76.6 Å². The molecule has 0 fully saturated rings. The van der Waals surface area contributed by atoms with Gasteiger partial charge in [0.1, 0.15) is 11.3 Å². The summed E-state index contributed by atoms with van der Waals surface area (Å²) in [7, 11) is 0. The number of aromatic nitrogens is 2. The lowest BCUT2D eigenvalue weighted by atomic mass is 9.97. The molecule has 1 unspecified atom stereocenters. The molecular formula is C32H43N5O4. The molecule has 0 saturated heterocycles. The molecule has 1 atom stereocenters. The minimum atomic E-state index is -0.555. The van der Waals surface area contributed by atoms with Crippen LogP contribution in [-0.4, -0.2) is 39.7 Å². The van der Waals surface area contributed by atoms with Gasteiger partial charge in [-0.3, -0.25) is 9.48 Å². The Kier molecular flexibility index (Phi) is 8.66. The van der Waals surface area contributed by atoms with Crippen molar-refractivity contribution in [2.45, 2.75) is 85.2 Å². The highest BCUT2D eigenvalue weighted by molar-refractivity contribution is 5.87. The SMILES string of the molecule is C=Cc1nn(CC2(CCCCOC(=O)C(C)(C)C)Nc3ccc(CNC(=O)OC(C)(C)C)cc3N2)c2ccccc12. The van der Waals surface area contributed by atoms with Gasteiger partial charge < -0.3 is 25.4 Å². The number of nitrogens with one attached hydrogen (secondary N) is 3. The van der Waals surface area contributed by atoms with Crippen molar-refractivity contribution in [1.82, 2.24) is 15.1 Å². The predicted octanol–water partition coefficient (Wildman–Crippen LogP) is 6.70. The van der Waals surface area contributed by atoms with Crippen LogP contribution in [0.2, 0.25) is 0 Å². The van der Waals surface area contributed by atoms with Crippen LogP contribution in [0.5, 0.6) is 0 Å². The number of carbonyl (C=O) groups excluding carboxylic acids is 2. The number of unbranched alkanes of at least 4 members (excludes halogenated alkanes) is 1. The molecular weight excluding hydrogens is 518 g/mol. The summed E-state index contributed by atoms with van der Waals surface area (Å²) < 4.78 is 12.9. The Balaban J connectivity index is 1.51. The molecule has 3 N–H and O–H groups in total. The van der Waals surface area contributed by atoms with Crippen LogP contribution in [-0.2, 0) is 27.4 Å². The average molecular weight is 562 g/mol. The quantitative estimate of drug-likeness (QED) is 0.187. The van der Waals surface area contributed by atoms with Gasteiger partial charge in [-0.1, -0.05) is 30.8 Å². The molecule has 41 heavy (non-hydrogen) atoms. The number of hydrogen-bond acceptors (Lipinski definition) is 7. The molecule has 220 valence electrons. The first-order chi connectivity index (χ1) is 19.3. The molecule has 1 amide bonds. The third-order valence-corrected chi connectivity index (χ3v) is 6.81. The van der Waals surface area contributed by atoms with E-state index in [1.165, 1.54) is 0 Å². The number of anilines is 2. The standard InChI is InChI=1S/C32H43N5O4/c1-8-24-23-13-9-10-14-27(23)37(36-24)21-32(17-11-12-18-40-28(38)30(2,3)4)34-25-16-15-22(19-26(25)35-32)20-33-29(39)41-31(5,6)7/h8-10,13-16,19,34-35H,1,11-12,17-18,20-21H2,2-7H3,(H,33,39). The van der Waals surface area contributed by atoms with Gasteiger partial charge in [0.15, 0.2) is 0 Å². The van der Waals surface area contributed by atoms with Gasteiger partial charge in [0.05, 0.1) is 41.2 Å². The molecule has 2 aromatic carbocycles. The summed E-state index contributed by atoms with van der Waals surface area (Å²) >= 11 is 0. The summed E-state index contributed by atoms with van der Waals surface area (Å²) in [6.45, 7) is 16.3. The van der Waals surface area contributed by atoms with Crippen LogP contribution in [0.4, 0.5) is 16.2 Å². The van der Waals surface area contributed by atoms with Gasteiger partial charge in [-0.25, -0.2) is 4.79 Å². The van der Waals surface area contributed by atoms with Crippen molar-refractivity contribution in [2.24, 2.45) is 5.41 Å². The monoisotopic (exact) mass is 561 g/mol. The summed E-state index contributed by atoms with van der Waals surface area (Å²) in [6.07, 6.45) is 3.66. The summed E-state index contributed by atoms with van der Waals surface area (Å²) in [4.78, 5) is 24.4. The zero-order valence-corrected chi connectivity index (χ0v) is 25.1. The van der Waals surface area contributed by atoms with Gasteiger partial charge in [-0.2, -0.15) is 5.10 Å². The second kappa shape index (κ2) is 11.8. The molecule has 0 bridgehead atoms. The molecule has 1 aliphatic heterocycles. The van der Waals surface area contributed by atoms with Crippen molar-refractivity contribution >= 4 is 40.4 Å². The van der Waals surface area contributed by atoms with Crippen molar-refractivity contribution < 1.29 is 19.1 Å². The highest BCUT2D eigenvalue weighted by atomic mass is 16.6. The molecule has 1 aliphatic rings. The first-order valence-electron chi connectivity index (χ1n) is 14.2. The van der Waals surface area contributed by atoms with E-state index in [0.29, 0.717) is 19.7 Å². The molecule has 2 heterocycles. The summed E-state index contributed by atoms with van der Waals surface area (Å²) in [5.41, 5.74) is 3.16. The maximum absolute atomic E-state index is 12.2. The first kappa shape index (κ1) is 30.0. The van der Waals surface area contributed by atoms with Gasteiger partial charge in [0.2, 0.25) is 0 Å². The van der Waals surface area contributed by atoms with Gasteiger partial charge in [0, 0.05) is 11.9 Å². The zero-order chi connectivity index (χ0) is 29.8. The van der Waals surface area contributed by atoms with Crippen LogP contribution >= 0.6 is 0 Å². The Labute approximate surface area is 242 Å². The number of amides is 1. The second-order valence-electron chi connectivity index (χ2n) is 12.7. The summed E-state index contributed by atoms with van der Waals surface area (Å²) in [6, 6.07) is 14.2. The van der Waals surface area contributed by atoms with E-state index in [9.17, 15) is 9.59 Å². The molecule has 1 aromatic heterocycles. The summed E-state index contributed by atoms with van der Waals surface area (Å²) in [5, 5.41) is 16.2. The highest BCUT2D eigenvalue weighted by Gasteiger charge is 2.37. The number of benzene rings is 2. The normalized spacial score (nSPS) is 16.4. The number of ether oxygens (including phenoxy) is 2. The maximum atomic E-state index is 12.2. The Bertz CT molecular complexity index is 1420. The molecule has 4 rings (SSSR count). The van der Waals surface area contributed by atoms with Gasteiger partial charge in [0.25, 0.3) is 0 Å². The van der Waals surface area contributed by atoms with E-state index in [1.54, 1.807) is 6.08 Å². The number of rotatable bonds is 10. The van der Waals surface area contributed by atoms with Crippen molar-refractivity contribution in [3.05, 3.63) is 60.3 Å². The lowest BCUT2D eigenvalue weighted by Crippen LogP contribution is -2.46. The van der Waals surface area contributed by atoms with Crippen molar-refractivity contribution in [3.8, 4) is 0 Å². The van der Waals surface area contributed by atoms with Crippen LogP contribution in [0.3, 0.4) is 0 Å². The molecule has 0 aliphatic carbocycles. The Morgan fingerprint density at radius 2 is 1.78 bits per heavy atom.